The van der Waals surface area contributed by atoms with Gasteiger partial charge in [0, 0.05) is 16.2 Å². The fourth-order valence-electron chi connectivity index (χ4n) is 1.84. The van der Waals surface area contributed by atoms with Crippen LogP contribution in [-0.2, 0) is 0 Å². The van der Waals surface area contributed by atoms with Gasteiger partial charge in [0.1, 0.15) is 5.75 Å². The van der Waals surface area contributed by atoms with Crippen molar-refractivity contribution < 1.29 is 4.74 Å². The summed E-state index contributed by atoms with van der Waals surface area (Å²) in [7, 11) is 0. The molecule has 0 atom stereocenters. The number of nitrogens with one attached hydrogen (secondary N) is 1. The zero-order valence-corrected chi connectivity index (χ0v) is 13.3. The van der Waals surface area contributed by atoms with Crippen LogP contribution < -0.4 is 15.8 Å². The van der Waals surface area contributed by atoms with Crippen molar-refractivity contribution in [1.82, 2.24) is 0 Å². The first-order chi connectivity index (χ1) is 9.60. The highest BCUT2D eigenvalue weighted by molar-refractivity contribution is 9.10. The number of ether oxygens (including phenoxy) is 1. The Bertz CT molecular complexity index is 599. The molecule has 0 radical (unpaired) electrons. The molecule has 0 saturated heterocycles. The van der Waals surface area contributed by atoms with Crippen LogP contribution in [0.4, 0.5) is 17.1 Å². The lowest BCUT2D eigenvalue weighted by Crippen LogP contribution is -2.00. The van der Waals surface area contributed by atoms with Crippen molar-refractivity contribution in [2.24, 2.45) is 0 Å². The number of nitrogens with two attached hydrogens (primary N) is 1. The fourth-order valence-corrected chi connectivity index (χ4v) is 2.19. The van der Waals surface area contributed by atoms with E-state index in [2.05, 4.69) is 47.2 Å². The Morgan fingerprint density at radius 3 is 2.75 bits per heavy atom. The average Bonchev–Trinajstić information content (AvgIpc) is 2.43. The maximum absolute atomic E-state index is 5.92. The van der Waals surface area contributed by atoms with E-state index in [1.54, 1.807) is 0 Å². The first kappa shape index (κ1) is 14.7. The van der Waals surface area contributed by atoms with Gasteiger partial charge in [0.15, 0.2) is 0 Å². The van der Waals surface area contributed by atoms with E-state index < -0.39 is 0 Å². The molecule has 3 N–H and O–H groups in total. The molecule has 0 bridgehead atoms. The van der Waals surface area contributed by atoms with E-state index in [0.717, 1.165) is 28.0 Å². The van der Waals surface area contributed by atoms with Crippen molar-refractivity contribution in [2.75, 3.05) is 17.7 Å². The Hall–Kier alpha value is -1.68. The van der Waals surface area contributed by atoms with Crippen molar-refractivity contribution in [3.8, 4) is 5.75 Å². The smallest absolute Gasteiger partial charge is 0.144 e. The first-order valence-electron chi connectivity index (χ1n) is 6.65. The van der Waals surface area contributed by atoms with Crippen LogP contribution >= 0.6 is 15.9 Å². The Balaban J connectivity index is 2.22. The van der Waals surface area contributed by atoms with Gasteiger partial charge in [-0.3, -0.25) is 0 Å². The van der Waals surface area contributed by atoms with E-state index >= 15 is 0 Å². The third kappa shape index (κ3) is 3.67. The first-order valence-corrected chi connectivity index (χ1v) is 7.45. The van der Waals surface area contributed by atoms with Crippen LogP contribution in [0.5, 0.6) is 5.75 Å². The summed E-state index contributed by atoms with van der Waals surface area (Å²) >= 11 is 3.54. The molecule has 4 heteroatoms. The molecule has 0 aliphatic rings. The zero-order chi connectivity index (χ0) is 14.5. The molecule has 0 aliphatic carbocycles. The Morgan fingerprint density at radius 1 is 1.20 bits per heavy atom. The minimum absolute atomic E-state index is 0.660. The van der Waals surface area contributed by atoms with Crippen LogP contribution in [0.25, 0.3) is 0 Å². The van der Waals surface area contributed by atoms with Crippen molar-refractivity contribution in [1.29, 1.82) is 0 Å². The Kier molecular flexibility index (Phi) is 4.90. The third-order valence-corrected chi connectivity index (χ3v) is 3.57. The highest BCUT2D eigenvalue weighted by atomic mass is 79.9. The normalized spacial score (nSPS) is 10.3. The standard InChI is InChI=1S/C16H19BrN2O/c1-3-8-20-16-10-12(5-7-14(16)18)19-15-9-11(2)4-6-13(15)17/h4-7,9-10,19H,3,8,18H2,1-2H3. The van der Waals surface area contributed by atoms with Crippen molar-refractivity contribution in [2.45, 2.75) is 20.3 Å². The van der Waals surface area contributed by atoms with E-state index in [0.29, 0.717) is 12.3 Å². The van der Waals surface area contributed by atoms with E-state index in [9.17, 15) is 0 Å². The van der Waals surface area contributed by atoms with Gasteiger partial charge in [-0.05, 0) is 59.1 Å². The second-order valence-corrected chi connectivity index (χ2v) is 5.56. The molecule has 2 aromatic rings. The molecule has 0 heterocycles. The van der Waals surface area contributed by atoms with Crippen LogP contribution in [0.1, 0.15) is 18.9 Å². The lowest BCUT2D eigenvalue weighted by molar-refractivity contribution is 0.319. The van der Waals surface area contributed by atoms with Gasteiger partial charge >= 0.3 is 0 Å². The maximum Gasteiger partial charge on any atom is 0.144 e. The number of anilines is 3. The largest absolute Gasteiger partial charge is 0.491 e. The predicted molar refractivity (Wildman–Crippen MR) is 88.8 cm³/mol. The molecule has 3 nitrogen and oxygen atoms in total. The number of halogens is 1. The summed E-state index contributed by atoms with van der Waals surface area (Å²) in [6, 6.07) is 11.9. The molecule has 106 valence electrons. The highest BCUT2D eigenvalue weighted by Crippen LogP contribution is 2.31. The zero-order valence-electron chi connectivity index (χ0n) is 11.7. The van der Waals surface area contributed by atoms with Gasteiger partial charge in [-0.25, -0.2) is 0 Å². The highest BCUT2D eigenvalue weighted by Gasteiger charge is 2.05. The molecule has 20 heavy (non-hydrogen) atoms. The summed E-state index contributed by atoms with van der Waals surface area (Å²) < 4.78 is 6.67. The molecular formula is C16H19BrN2O. The molecule has 0 saturated carbocycles. The quantitative estimate of drug-likeness (QED) is 0.766. The van der Waals surface area contributed by atoms with Crippen LogP contribution in [0.2, 0.25) is 0 Å². The number of nitrogen functional groups attached to an aromatic ring is 1. The molecule has 0 amide bonds. The summed E-state index contributed by atoms with van der Waals surface area (Å²) in [5.41, 5.74) is 9.76. The predicted octanol–water partition coefficient (Wildman–Crippen LogP) is 4.87. The lowest BCUT2D eigenvalue weighted by Gasteiger charge is -2.13. The van der Waals surface area contributed by atoms with E-state index in [1.807, 2.05) is 24.3 Å². The van der Waals surface area contributed by atoms with Crippen molar-refractivity contribution in [3.63, 3.8) is 0 Å². The second kappa shape index (κ2) is 6.66. The topological polar surface area (TPSA) is 47.3 Å². The summed E-state index contributed by atoms with van der Waals surface area (Å²) in [4.78, 5) is 0. The molecular weight excluding hydrogens is 316 g/mol. The van der Waals surface area contributed by atoms with Gasteiger partial charge in [-0.15, -0.1) is 0 Å². The average molecular weight is 335 g/mol. The molecule has 0 aromatic heterocycles. The second-order valence-electron chi connectivity index (χ2n) is 4.71. The third-order valence-electron chi connectivity index (χ3n) is 2.88. The number of hydrogen-bond acceptors (Lipinski definition) is 3. The maximum atomic E-state index is 5.92. The van der Waals surface area contributed by atoms with Crippen molar-refractivity contribution >= 4 is 33.0 Å². The monoisotopic (exact) mass is 334 g/mol. The van der Waals surface area contributed by atoms with Gasteiger partial charge < -0.3 is 15.8 Å². The SMILES string of the molecule is CCCOc1cc(Nc2cc(C)ccc2Br)ccc1N. The van der Waals surface area contributed by atoms with Gasteiger partial charge in [0.2, 0.25) is 0 Å². The van der Waals surface area contributed by atoms with Crippen LogP contribution in [0, 0.1) is 6.92 Å². The van der Waals surface area contributed by atoms with E-state index in [4.69, 9.17) is 10.5 Å². The molecule has 0 aliphatic heterocycles. The van der Waals surface area contributed by atoms with Crippen LogP contribution in [0.15, 0.2) is 40.9 Å². The summed E-state index contributed by atoms with van der Waals surface area (Å²) in [6.45, 7) is 4.81. The molecule has 2 rings (SSSR count). The van der Waals surface area contributed by atoms with Gasteiger partial charge in [-0.2, -0.15) is 0 Å². The van der Waals surface area contributed by atoms with E-state index in [-0.39, 0.29) is 0 Å². The Morgan fingerprint density at radius 2 is 2.00 bits per heavy atom. The van der Waals surface area contributed by atoms with Gasteiger partial charge in [0.25, 0.3) is 0 Å². The van der Waals surface area contributed by atoms with Gasteiger partial charge in [-0.1, -0.05) is 13.0 Å². The van der Waals surface area contributed by atoms with Crippen molar-refractivity contribution in [3.05, 3.63) is 46.4 Å². The summed E-state index contributed by atoms with van der Waals surface area (Å²) in [5.74, 6) is 0.723. The van der Waals surface area contributed by atoms with E-state index in [1.165, 1.54) is 5.56 Å². The van der Waals surface area contributed by atoms with Crippen LogP contribution in [0.3, 0.4) is 0 Å². The fraction of sp³-hybridized carbons (Fsp3) is 0.250. The number of hydrogen-bond donors (Lipinski definition) is 2. The number of rotatable bonds is 5. The molecule has 0 spiro atoms. The van der Waals surface area contributed by atoms with Gasteiger partial charge in [0.05, 0.1) is 18.0 Å². The summed E-state index contributed by atoms with van der Waals surface area (Å²) in [6.07, 6.45) is 0.959. The number of aryl methyl sites for hydroxylation is 1. The lowest BCUT2D eigenvalue weighted by atomic mass is 10.2. The molecule has 2 aromatic carbocycles. The minimum Gasteiger partial charge on any atom is -0.491 e. The molecule has 0 unspecified atom stereocenters. The number of benzene rings is 2. The van der Waals surface area contributed by atoms with Crippen LogP contribution in [-0.4, -0.2) is 6.61 Å². The summed E-state index contributed by atoms with van der Waals surface area (Å²) in [5, 5.41) is 3.37. The Labute approximate surface area is 128 Å². The molecule has 0 fully saturated rings. The minimum atomic E-state index is 0.660.